The van der Waals surface area contributed by atoms with Crippen LogP contribution in [0.25, 0.3) is 0 Å². The van der Waals surface area contributed by atoms with Gasteiger partial charge in [0.15, 0.2) is 0 Å². The molecule has 3 nitrogen and oxygen atoms in total. The molecule has 1 aliphatic rings. The van der Waals surface area contributed by atoms with Gasteiger partial charge < -0.3 is 10.1 Å². The topological polar surface area (TPSA) is 38.3 Å². The first-order valence-electron chi connectivity index (χ1n) is 6.96. The fourth-order valence-electron chi connectivity index (χ4n) is 1.92. The zero-order chi connectivity index (χ0) is 13.2. The molecule has 1 N–H and O–H groups in total. The number of hydrogen-bond acceptors (Lipinski definition) is 2. The van der Waals surface area contributed by atoms with Crippen LogP contribution in [0.1, 0.15) is 46.0 Å². The molecule has 1 atom stereocenters. The molecule has 0 aromatic carbocycles. The molecule has 1 fully saturated rings. The Labute approximate surface area is 110 Å². The lowest BCUT2D eigenvalue weighted by atomic mass is 10.2. The molecule has 0 radical (unpaired) electrons. The van der Waals surface area contributed by atoms with Crippen molar-refractivity contribution in [3.63, 3.8) is 0 Å². The summed E-state index contributed by atoms with van der Waals surface area (Å²) in [6, 6.07) is 0. The van der Waals surface area contributed by atoms with E-state index in [9.17, 15) is 4.79 Å². The standard InChI is InChI=1S/C15H25NO2/c1-3-4-5-6-8-13(2)11-15(17)16-12-14-9-7-10-18-14/h6,8,11,14H,3-5,7,9-10,12H2,1-2H3,(H,16,17)/b8-6+,13-11+. The maximum Gasteiger partial charge on any atom is 0.244 e. The highest BCUT2D eigenvalue weighted by molar-refractivity contribution is 5.88. The van der Waals surface area contributed by atoms with Crippen molar-refractivity contribution >= 4 is 5.91 Å². The van der Waals surface area contributed by atoms with E-state index < -0.39 is 0 Å². The van der Waals surface area contributed by atoms with Crippen LogP contribution in [0, 0.1) is 0 Å². The van der Waals surface area contributed by atoms with Gasteiger partial charge in [-0.2, -0.15) is 0 Å². The van der Waals surface area contributed by atoms with E-state index in [0.717, 1.165) is 31.4 Å². The third-order valence-electron chi connectivity index (χ3n) is 2.99. The normalized spacial score (nSPS) is 20.6. The molecule has 0 aromatic heterocycles. The fraction of sp³-hybridized carbons (Fsp3) is 0.667. The summed E-state index contributed by atoms with van der Waals surface area (Å²) in [6.45, 7) is 5.58. The van der Waals surface area contributed by atoms with Gasteiger partial charge in [0.05, 0.1) is 6.10 Å². The van der Waals surface area contributed by atoms with Gasteiger partial charge in [0.25, 0.3) is 0 Å². The summed E-state index contributed by atoms with van der Waals surface area (Å²) in [5.74, 6) is -0.0249. The second kappa shape index (κ2) is 8.92. The Hall–Kier alpha value is -1.09. The van der Waals surface area contributed by atoms with E-state index in [2.05, 4.69) is 18.3 Å². The molecular weight excluding hydrogens is 226 g/mol. The van der Waals surface area contributed by atoms with Crippen LogP contribution in [0.2, 0.25) is 0 Å². The highest BCUT2D eigenvalue weighted by atomic mass is 16.5. The van der Waals surface area contributed by atoms with E-state index in [0.29, 0.717) is 6.54 Å². The molecule has 3 heteroatoms. The van der Waals surface area contributed by atoms with E-state index in [-0.39, 0.29) is 12.0 Å². The third kappa shape index (κ3) is 6.60. The van der Waals surface area contributed by atoms with E-state index >= 15 is 0 Å². The summed E-state index contributed by atoms with van der Waals surface area (Å²) in [6.07, 6.45) is 11.7. The number of unbranched alkanes of at least 4 members (excludes halogenated alkanes) is 2. The molecule has 102 valence electrons. The van der Waals surface area contributed by atoms with Gasteiger partial charge in [-0.15, -0.1) is 0 Å². The van der Waals surface area contributed by atoms with E-state index in [1.807, 2.05) is 13.0 Å². The van der Waals surface area contributed by atoms with Crippen LogP contribution >= 0.6 is 0 Å². The Bertz CT molecular complexity index is 302. The molecule has 0 saturated carbocycles. The van der Waals surface area contributed by atoms with Crippen molar-refractivity contribution in [2.75, 3.05) is 13.2 Å². The van der Waals surface area contributed by atoms with E-state index in [1.165, 1.54) is 12.8 Å². The molecule has 0 aliphatic carbocycles. The molecule has 1 rings (SSSR count). The second-order valence-electron chi connectivity index (χ2n) is 4.81. The maximum atomic E-state index is 11.6. The number of carbonyl (C=O) groups is 1. The third-order valence-corrected chi connectivity index (χ3v) is 2.99. The van der Waals surface area contributed by atoms with Crippen molar-refractivity contribution < 1.29 is 9.53 Å². The quantitative estimate of drug-likeness (QED) is 0.429. The number of carbonyl (C=O) groups excluding carboxylic acids is 1. The molecule has 1 unspecified atom stereocenters. The van der Waals surface area contributed by atoms with Crippen molar-refractivity contribution in [3.8, 4) is 0 Å². The predicted octanol–water partition coefficient (Wildman–Crippen LogP) is 2.97. The summed E-state index contributed by atoms with van der Waals surface area (Å²) in [5, 5.41) is 2.88. The Balaban J connectivity index is 2.21. The summed E-state index contributed by atoms with van der Waals surface area (Å²) in [5.41, 5.74) is 0.996. The second-order valence-corrected chi connectivity index (χ2v) is 4.81. The lowest BCUT2D eigenvalue weighted by Gasteiger charge is -2.09. The number of allylic oxidation sites excluding steroid dienone is 3. The number of hydrogen-bond donors (Lipinski definition) is 1. The average Bonchev–Trinajstić information content (AvgIpc) is 2.85. The molecule has 1 saturated heterocycles. The molecule has 18 heavy (non-hydrogen) atoms. The summed E-state index contributed by atoms with van der Waals surface area (Å²) >= 11 is 0. The summed E-state index contributed by atoms with van der Waals surface area (Å²) < 4.78 is 5.45. The van der Waals surface area contributed by atoms with Gasteiger partial charge in [-0.05, 0) is 31.8 Å². The molecule has 0 bridgehead atoms. The highest BCUT2D eigenvalue weighted by Crippen LogP contribution is 2.10. The van der Waals surface area contributed by atoms with Crippen molar-refractivity contribution in [1.29, 1.82) is 0 Å². The molecule has 1 heterocycles. The Morgan fingerprint density at radius 3 is 3.00 bits per heavy atom. The van der Waals surface area contributed by atoms with Gasteiger partial charge in [-0.25, -0.2) is 0 Å². The Kier molecular flexibility index (Phi) is 7.42. The van der Waals surface area contributed by atoms with Crippen LogP contribution in [0.3, 0.4) is 0 Å². The first kappa shape index (κ1) is 15.0. The Morgan fingerprint density at radius 2 is 2.33 bits per heavy atom. The fourth-order valence-corrected chi connectivity index (χ4v) is 1.92. The minimum atomic E-state index is -0.0249. The SMILES string of the molecule is CCCC/C=C/C(C)=C/C(=O)NCC1CCCO1. The predicted molar refractivity (Wildman–Crippen MR) is 74.4 cm³/mol. The van der Waals surface area contributed by atoms with Crippen molar-refractivity contribution in [2.45, 2.75) is 52.1 Å². The largest absolute Gasteiger partial charge is 0.376 e. The van der Waals surface area contributed by atoms with Crippen LogP contribution in [0.5, 0.6) is 0 Å². The van der Waals surface area contributed by atoms with Crippen molar-refractivity contribution in [3.05, 3.63) is 23.8 Å². The van der Waals surface area contributed by atoms with Gasteiger partial charge in [0, 0.05) is 19.2 Å². The van der Waals surface area contributed by atoms with Gasteiger partial charge in [0.2, 0.25) is 5.91 Å². The van der Waals surface area contributed by atoms with Gasteiger partial charge >= 0.3 is 0 Å². The minimum absolute atomic E-state index is 0.0249. The van der Waals surface area contributed by atoms with Crippen LogP contribution in [-0.4, -0.2) is 25.2 Å². The lowest BCUT2D eigenvalue weighted by Crippen LogP contribution is -2.30. The summed E-state index contributed by atoms with van der Waals surface area (Å²) in [7, 11) is 0. The van der Waals surface area contributed by atoms with Gasteiger partial charge in [-0.3, -0.25) is 4.79 Å². The minimum Gasteiger partial charge on any atom is -0.376 e. The monoisotopic (exact) mass is 251 g/mol. The zero-order valence-corrected chi connectivity index (χ0v) is 11.6. The maximum absolute atomic E-state index is 11.6. The molecule has 0 spiro atoms. The smallest absolute Gasteiger partial charge is 0.244 e. The number of amides is 1. The van der Waals surface area contributed by atoms with Crippen LogP contribution in [-0.2, 0) is 9.53 Å². The van der Waals surface area contributed by atoms with Gasteiger partial charge in [-0.1, -0.05) is 31.9 Å². The van der Waals surface area contributed by atoms with E-state index in [4.69, 9.17) is 4.74 Å². The van der Waals surface area contributed by atoms with Crippen molar-refractivity contribution in [1.82, 2.24) is 5.32 Å². The van der Waals surface area contributed by atoms with Crippen LogP contribution < -0.4 is 5.32 Å². The Morgan fingerprint density at radius 1 is 1.50 bits per heavy atom. The van der Waals surface area contributed by atoms with Crippen molar-refractivity contribution in [2.24, 2.45) is 0 Å². The average molecular weight is 251 g/mol. The number of ether oxygens (including phenoxy) is 1. The summed E-state index contributed by atoms with van der Waals surface area (Å²) in [4.78, 5) is 11.6. The van der Waals surface area contributed by atoms with Crippen LogP contribution in [0.4, 0.5) is 0 Å². The highest BCUT2D eigenvalue weighted by Gasteiger charge is 2.15. The van der Waals surface area contributed by atoms with E-state index in [1.54, 1.807) is 6.08 Å². The van der Waals surface area contributed by atoms with Crippen LogP contribution in [0.15, 0.2) is 23.8 Å². The number of nitrogens with one attached hydrogen (secondary N) is 1. The first-order chi connectivity index (χ1) is 8.72. The molecule has 1 aliphatic heterocycles. The molecule has 1 amide bonds. The van der Waals surface area contributed by atoms with Gasteiger partial charge in [0.1, 0.15) is 0 Å². The molecular formula is C15H25NO2. The molecule has 0 aromatic rings. The number of rotatable bonds is 7. The first-order valence-corrected chi connectivity index (χ1v) is 6.96. The zero-order valence-electron chi connectivity index (χ0n) is 11.6. The lowest BCUT2D eigenvalue weighted by molar-refractivity contribution is -0.117.